The average Bonchev–Trinajstić information content (AvgIpc) is 3.18. The van der Waals surface area contributed by atoms with E-state index in [0.29, 0.717) is 5.56 Å². The molecule has 0 atom stereocenters. The Hall–Kier alpha value is -2.10. The number of nitrogens with zero attached hydrogens (tertiary/aromatic N) is 3. The van der Waals surface area contributed by atoms with E-state index in [-0.39, 0.29) is 29.9 Å². The second-order valence-corrected chi connectivity index (χ2v) is 5.84. The highest BCUT2D eigenvalue weighted by Crippen LogP contribution is 2.05. The molecule has 0 radical (unpaired) electrons. The molecule has 0 unspecified atom stereocenters. The lowest BCUT2D eigenvalue weighted by Crippen LogP contribution is -2.38. The smallest absolute Gasteiger partial charge is 0.251 e. The molecule has 0 aliphatic heterocycles. The van der Waals surface area contributed by atoms with Gasteiger partial charge in [-0.1, -0.05) is 12.1 Å². The third-order valence-electron chi connectivity index (χ3n) is 3.84. The zero-order valence-corrected chi connectivity index (χ0v) is 18.3. The molecule has 0 saturated carbocycles. The molecule has 2 aromatic rings. The van der Waals surface area contributed by atoms with Gasteiger partial charge < -0.3 is 16.0 Å². The molecule has 8 heteroatoms. The second kappa shape index (κ2) is 13.1. The highest BCUT2D eigenvalue weighted by atomic mass is 127. The molecule has 0 aliphatic carbocycles. The van der Waals surface area contributed by atoms with Crippen LogP contribution in [-0.4, -0.2) is 48.3 Å². The Morgan fingerprint density at radius 1 is 1.26 bits per heavy atom. The van der Waals surface area contributed by atoms with Gasteiger partial charge in [0.2, 0.25) is 0 Å². The fraction of sp³-hybridized carbons (Fsp3) is 0.421. The molecule has 0 fully saturated rings. The molecule has 0 spiro atoms. The number of rotatable bonds is 9. The maximum absolute atomic E-state index is 11.7. The lowest BCUT2D eigenvalue weighted by Gasteiger charge is -2.11. The van der Waals surface area contributed by atoms with Crippen molar-refractivity contribution < 1.29 is 4.79 Å². The van der Waals surface area contributed by atoms with Gasteiger partial charge in [0, 0.05) is 51.2 Å². The van der Waals surface area contributed by atoms with E-state index in [4.69, 9.17) is 0 Å². The van der Waals surface area contributed by atoms with Gasteiger partial charge in [-0.2, -0.15) is 5.10 Å². The molecule has 148 valence electrons. The second-order valence-electron chi connectivity index (χ2n) is 5.84. The van der Waals surface area contributed by atoms with E-state index in [0.717, 1.165) is 50.5 Å². The summed E-state index contributed by atoms with van der Waals surface area (Å²) in [6.07, 6.45) is 5.50. The van der Waals surface area contributed by atoms with Crippen LogP contribution in [0, 0.1) is 0 Å². The molecule has 1 heterocycles. The lowest BCUT2D eigenvalue weighted by molar-refractivity contribution is 0.0963. The molecule has 0 aliphatic rings. The van der Waals surface area contributed by atoms with Crippen LogP contribution in [-0.2, 0) is 13.0 Å². The van der Waals surface area contributed by atoms with E-state index in [1.807, 2.05) is 48.1 Å². The van der Waals surface area contributed by atoms with Crippen molar-refractivity contribution in [1.82, 2.24) is 25.7 Å². The van der Waals surface area contributed by atoms with Gasteiger partial charge >= 0.3 is 0 Å². The average molecular weight is 484 g/mol. The number of halogens is 1. The molecule has 27 heavy (non-hydrogen) atoms. The summed E-state index contributed by atoms with van der Waals surface area (Å²) in [5, 5.41) is 13.4. The van der Waals surface area contributed by atoms with E-state index in [2.05, 4.69) is 26.0 Å². The van der Waals surface area contributed by atoms with Crippen LogP contribution in [0.5, 0.6) is 0 Å². The van der Waals surface area contributed by atoms with E-state index < -0.39 is 0 Å². The first-order valence-corrected chi connectivity index (χ1v) is 9.03. The largest absolute Gasteiger partial charge is 0.357 e. The fourth-order valence-electron chi connectivity index (χ4n) is 2.54. The summed E-state index contributed by atoms with van der Waals surface area (Å²) in [5.41, 5.74) is 1.80. The van der Waals surface area contributed by atoms with Gasteiger partial charge in [-0.3, -0.25) is 14.5 Å². The summed E-state index contributed by atoms with van der Waals surface area (Å²) < 4.78 is 1.91. The predicted octanol–water partition coefficient (Wildman–Crippen LogP) is 2.05. The van der Waals surface area contributed by atoms with Gasteiger partial charge in [-0.05, 0) is 43.5 Å². The van der Waals surface area contributed by atoms with Crippen LogP contribution in [0.25, 0.3) is 0 Å². The number of guanidine groups is 1. The summed E-state index contributed by atoms with van der Waals surface area (Å²) in [6, 6.07) is 9.61. The number of nitrogens with one attached hydrogen (secondary N) is 3. The molecule has 1 aromatic carbocycles. The first kappa shape index (κ1) is 22.9. The number of carbonyl (C=O) groups excluding carboxylic acids is 1. The number of carbonyl (C=O) groups is 1. The van der Waals surface area contributed by atoms with Gasteiger partial charge in [0.25, 0.3) is 5.91 Å². The quantitative estimate of drug-likeness (QED) is 0.220. The van der Waals surface area contributed by atoms with Crippen molar-refractivity contribution in [3.8, 4) is 0 Å². The van der Waals surface area contributed by atoms with Crippen molar-refractivity contribution in [1.29, 1.82) is 0 Å². The Morgan fingerprint density at radius 2 is 2.11 bits per heavy atom. The number of amides is 1. The minimum absolute atomic E-state index is 0. The standard InChI is InChI=1S/C19H28N6O.HI/c1-3-21-19(22-10-5-13-25-14-6-11-24-25)23-12-9-16-7-4-8-17(15-16)18(26)20-2;/h4,6-8,11,14-15H,3,5,9-10,12-13H2,1-2H3,(H,20,26)(H2,21,22,23);1H. The molecule has 1 amide bonds. The van der Waals surface area contributed by atoms with Gasteiger partial charge in [0.05, 0.1) is 0 Å². The van der Waals surface area contributed by atoms with Crippen molar-refractivity contribution in [3.63, 3.8) is 0 Å². The summed E-state index contributed by atoms with van der Waals surface area (Å²) in [5.74, 6) is 0.752. The van der Waals surface area contributed by atoms with Crippen molar-refractivity contribution in [2.24, 2.45) is 4.99 Å². The van der Waals surface area contributed by atoms with Crippen LogP contribution < -0.4 is 16.0 Å². The van der Waals surface area contributed by atoms with Crippen LogP contribution in [0.15, 0.2) is 47.7 Å². The van der Waals surface area contributed by atoms with Crippen molar-refractivity contribution in [2.75, 3.05) is 26.7 Å². The van der Waals surface area contributed by atoms with E-state index in [9.17, 15) is 4.79 Å². The minimum atomic E-state index is -0.0631. The van der Waals surface area contributed by atoms with Crippen LogP contribution in [0.1, 0.15) is 29.3 Å². The van der Waals surface area contributed by atoms with Crippen LogP contribution in [0.2, 0.25) is 0 Å². The molecule has 0 bridgehead atoms. The Balaban J connectivity index is 0.00000364. The fourth-order valence-corrected chi connectivity index (χ4v) is 2.54. The summed E-state index contributed by atoms with van der Waals surface area (Å²) in [6.45, 7) is 5.22. The molecular formula is C19H29IN6O. The highest BCUT2D eigenvalue weighted by molar-refractivity contribution is 14.0. The molecule has 3 N–H and O–H groups in total. The van der Waals surface area contributed by atoms with Gasteiger partial charge in [-0.15, -0.1) is 24.0 Å². The predicted molar refractivity (Wildman–Crippen MR) is 120 cm³/mol. The van der Waals surface area contributed by atoms with Crippen molar-refractivity contribution >= 4 is 35.8 Å². The monoisotopic (exact) mass is 484 g/mol. The highest BCUT2D eigenvalue weighted by Gasteiger charge is 2.04. The number of benzene rings is 1. The van der Waals surface area contributed by atoms with Gasteiger partial charge in [0.15, 0.2) is 5.96 Å². The van der Waals surface area contributed by atoms with Gasteiger partial charge in [-0.25, -0.2) is 0 Å². The Labute approximate surface area is 178 Å². The summed E-state index contributed by atoms with van der Waals surface area (Å²) >= 11 is 0. The summed E-state index contributed by atoms with van der Waals surface area (Å²) in [7, 11) is 1.64. The maximum atomic E-state index is 11.7. The lowest BCUT2D eigenvalue weighted by atomic mass is 10.1. The van der Waals surface area contributed by atoms with E-state index in [1.165, 1.54) is 0 Å². The molecule has 7 nitrogen and oxygen atoms in total. The van der Waals surface area contributed by atoms with Crippen LogP contribution in [0.3, 0.4) is 0 Å². The number of hydrogen-bond acceptors (Lipinski definition) is 3. The molecular weight excluding hydrogens is 455 g/mol. The number of hydrogen-bond donors (Lipinski definition) is 3. The normalized spacial score (nSPS) is 10.8. The maximum Gasteiger partial charge on any atom is 0.251 e. The van der Waals surface area contributed by atoms with E-state index >= 15 is 0 Å². The molecule has 1 aromatic heterocycles. The van der Waals surface area contributed by atoms with Gasteiger partial charge in [0.1, 0.15) is 0 Å². The number of aryl methyl sites for hydroxylation is 1. The Bertz CT molecular complexity index is 702. The Morgan fingerprint density at radius 3 is 2.81 bits per heavy atom. The molecule has 0 saturated heterocycles. The van der Waals surface area contributed by atoms with Crippen molar-refractivity contribution in [3.05, 3.63) is 53.9 Å². The SMILES string of the molecule is CCNC(=NCCCn1cccn1)NCCc1cccc(C(=O)NC)c1.I. The zero-order chi connectivity index (χ0) is 18.6. The van der Waals surface area contributed by atoms with Crippen LogP contribution in [0.4, 0.5) is 0 Å². The first-order chi connectivity index (χ1) is 12.7. The molecule has 2 rings (SSSR count). The van der Waals surface area contributed by atoms with Crippen LogP contribution >= 0.6 is 24.0 Å². The topological polar surface area (TPSA) is 83.3 Å². The minimum Gasteiger partial charge on any atom is -0.357 e. The number of aliphatic imine (C=N–C) groups is 1. The third-order valence-corrected chi connectivity index (χ3v) is 3.84. The third kappa shape index (κ3) is 8.42. The Kier molecular flexibility index (Phi) is 11.2. The zero-order valence-electron chi connectivity index (χ0n) is 15.9. The summed E-state index contributed by atoms with van der Waals surface area (Å²) in [4.78, 5) is 16.3. The first-order valence-electron chi connectivity index (χ1n) is 9.03. The number of aromatic nitrogens is 2. The van der Waals surface area contributed by atoms with E-state index in [1.54, 1.807) is 13.2 Å². The van der Waals surface area contributed by atoms with Crippen molar-refractivity contribution in [2.45, 2.75) is 26.3 Å².